The van der Waals surface area contributed by atoms with Gasteiger partial charge in [0.1, 0.15) is 17.1 Å². The molecule has 0 saturated carbocycles. The Kier molecular flexibility index (Phi) is 7.04. The first-order valence-corrected chi connectivity index (χ1v) is 10.0. The third-order valence-corrected chi connectivity index (χ3v) is 5.01. The van der Waals surface area contributed by atoms with E-state index < -0.39 is 17.0 Å². The van der Waals surface area contributed by atoms with Crippen LogP contribution in [0.1, 0.15) is 40.9 Å². The summed E-state index contributed by atoms with van der Waals surface area (Å²) in [5, 5.41) is 3.22. The van der Waals surface area contributed by atoms with Crippen molar-refractivity contribution in [1.82, 2.24) is 14.9 Å². The number of hydrogen-bond acceptors (Lipinski definition) is 6. The van der Waals surface area contributed by atoms with E-state index in [1.54, 1.807) is 7.11 Å². The summed E-state index contributed by atoms with van der Waals surface area (Å²) in [7, 11) is 1.60. The molecule has 162 valence electrons. The van der Waals surface area contributed by atoms with Gasteiger partial charge in [-0.15, -0.1) is 0 Å². The van der Waals surface area contributed by atoms with Gasteiger partial charge in [-0.05, 0) is 29.7 Å². The summed E-state index contributed by atoms with van der Waals surface area (Å²) in [6.07, 6.45) is 0.635. The predicted molar refractivity (Wildman–Crippen MR) is 120 cm³/mol. The highest BCUT2D eigenvalue weighted by Gasteiger charge is 2.21. The molecule has 31 heavy (non-hydrogen) atoms. The van der Waals surface area contributed by atoms with Crippen molar-refractivity contribution in [2.24, 2.45) is 0 Å². The zero-order valence-corrected chi connectivity index (χ0v) is 17.6. The van der Waals surface area contributed by atoms with Gasteiger partial charge in [0.2, 0.25) is 0 Å². The molecule has 4 N–H and O–H groups in total. The second kappa shape index (κ2) is 9.90. The molecule has 1 atom stereocenters. The van der Waals surface area contributed by atoms with Crippen molar-refractivity contribution in [3.05, 3.63) is 92.1 Å². The van der Waals surface area contributed by atoms with E-state index in [4.69, 9.17) is 10.5 Å². The molecule has 8 nitrogen and oxygen atoms in total. The van der Waals surface area contributed by atoms with Gasteiger partial charge in [-0.2, -0.15) is 0 Å². The number of rotatable bonds is 9. The fourth-order valence-corrected chi connectivity index (χ4v) is 3.46. The van der Waals surface area contributed by atoms with Crippen LogP contribution in [-0.2, 0) is 6.54 Å². The fraction of sp³-hybridized carbons (Fsp3) is 0.261. The number of H-pyrrole nitrogens is 1. The molecule has 0 saturated heterocycles. The number of aromatic amines is 1. The molecule has 1 aromatic heterocycles. The Morgan fingerprint density at radius 2 is 1.74 bits per heavy atom. The van der Waals surface area contributed by atoms with E-state index in [1.165, 1.54) is 4.57 Å². The molecule has 0 radical (unpaired) electrons. The van der Waals surface area contributed by atoms with Gasteiger partial charge in [-0.25, -0.2) is 4.79 Å². The lowest BCUT2D eigenvalue weighted by Crippen LogP contribution is -2.38. The Labute approximate surface area is 179 Å². The molecule has 0 aliphatic carbocycles. The highest BCUT2D eigenvalue weighted by atomic mass is 16.5. The highest BCUT2D eigenvalue weighted by molar-refractivity contribution is 6.01. The first-order valence-electron chi connectivity index (χ1n) is 10.0. The molecule has 3 aromatic rings. The molecule has 0 amide bonds. The van der Waals surface area contributed by atoms with Crippen LogP contribution in [0.4, 0.5) is 5.82 Å². The highest BCUT2D eigenvalue weighted by Crippen LogP contribution is 2.24. The van der Waals surface area contributed by atoms with Crippen LogP contribution in [0, 0.1) is 0 Å². The molecule has 0 aliphatic heterocycles. The largest absolute Gasteiger partial charge is 0.497 e. The van der Waals surface area contributed by atoms with Crippen LogP contribution in [0.5, 0.6) is 5.75 Å². The van der Waals surface area contributed by atoms with Gasteiger partial charge in [0.05, 0.1) is 19.7 Å². The molecule has 0 aliphatic rings. The molecule has 0 unspecified atom stereocenters. The Hall–Kier alpha value is -3.65. The standard InChI is InChI=1S/C23H26N4O4/c1-3-13-27-21(24)19(22(29)26-23(27)30)18(28)14-25-20(15-7-5-4-6-8-15)16-9-11-17(31-2)12-10-16/h4-12,20,25H,3,13-14,24H2,1-2H3,(H,26,29,30)/t20-/m1/s1. The summed E-state index contributed by atoms with van der Waals surface area (Å²) >= 11 is 0. The van der Waals surface area contributed by atoms with Gasteiger partial charge in [-0.3, -0.25) is 24.5 Å². The Bertz CT molecular complexity index is 1150. The van der Waals surface area contributed by atoms with Gasteiger partial charge in [0, 0.05) is 6.54 Å². The number of ketones is 1. The summed E-state index contributed by atoms with van der Waals surface area (Å²) < 4.78 is 6.44. The number of nitrogens with two attached hydrogens (primary N) is 1. The molecule has 1 heterocycles. The van der Waals surface area contributed by atoms with E-state index >= 15 is 0 Å². The second-order valence-electron chi connectivity index (χ2n) is 7.09. The van der Waals surface area contributed by atoms with Crippen molar-refractivity contribution in [1.29, 1.82) is 0 Å². The number of aromatic nitrogens is 2. The van der Waals surface area contributed by atoms with Crippen LogP contribution in [0.25, 0.3) is 0 Å². The number of anilines is 1. The smallest absolute Gasteiger partial charge is 0.329 e. The quantitative estimate of drug-likeness (QED) is 0.455. The van der Waals surface area contributed by atoms with E-state index in [0.29, 0.717) is 13.0 Å². The molecule has 0 spiro atoms. The zero-order valence-electron chi connectivity index (χ0n) is 17.6. The summed E-state index contributed by atoms with van der Waals surface area (Å²) in [6, 6.07) is 16.9. The van der Waals surface area contributed by atoms with E-state index in [9.17, 15) is 14.4 Å². The minimum atomic E-state index is -0.776. The lowest BCUT2D eigenvalue weighted by molar-refractivity contribution is 0.0987. The number of hydrogen-bond donors (Lipinski definition) is 3. The van der Waals surface area contributed by atoms with Crippen molar-refractivity contribution in [3.8, 4) is 5.75 Å². The van der Waals surface area contributed by atoms with Gasteiger partial charge >= 0.3 is 5.69 Å². The molecule has 0 fully saturated rings. The van der Waals surface area contributed by atoms with Crippen molar-refractivity contribution < 1.29 is 9.53 Å². The van der Waals surface area contributed by atoms with E-state index in [2.05, 4.69) is 10.3 Å². The third-order valence-electron chi connectivity index (χ3n) is 5.01. The maximum Gasteiger partial charge on any atom is 0.329 e. The fourth-order valence-electron chi connectivity index (χ4n) is 3.46. The van der Waals surface area contributed by atoms with E-state index in [0.717, 1.165) is 16.9 Å². The first-order chi connectivity index (χ1) is 15.0. The van der Waals surface area contributed by atoms with Gasteiger partial charge in [-0.1, -0.05) is 49.4 Å². The third kappa shape index (κ3) is 4.92. The van der Waals surface area contributed by atoms with Gasteiger partial charge in [0.15, 0.2) is 5.78 Å². The normalized spacial score (nSPS) is 11.8. The van der Waals surface area contributed by atoms with Crippen LogP contribution >= 0.6 is 0 Å². The van der Waals surface area contributed by atoms with Gasteiger partial charge < -0.3 is 10.5 Å². The van der Waals surface area contributed by atoms with Crippen molar-refractivity contribution in [2.75, 3.05) is 19.4 Å². The van der Waals surface area contributed by atoms with Crippen molar-refractivity contribution in [2.45, 2.75) is 25.9 Å². The topological polar surface area (TPSA) is 119 Å². The van der Waals surface area contributed by atoms with Crippen LogP contribution in [0.2, 0.25) is 0 Å². The van der Waals surface area contributed by atoms with Crippen LogP contribution < -0.4 is 27.0 Å². The SMILES string of the molecule is CCCn1c(N)c(C(=O)CN[C@H](c2ccccc2)c2ccc(OC)cc2)c(=O)[nH]c1=O. The number of benzene rings is 2. The number of ether oxygens (including phenoxy) is 1. The molecular weight excluding hydrogens is 396 g/mol. The summed E-state index contributed by atoms with van der Waals surface area (Å²) in [5.41, 5.74) is 6.30. The van der Waals surface area contributed by atoms with Crippen molar-refractivity contribution in [3.63, 3.8) is 0 Å². The Morgan fingerprint density at radius 1 is 1.10 bits per heavy atom. The minimum Gasteiger partial charge on any atom is -0.497 e. The summed E-state index contributed by atoms with van der Waals surface area (Å²) in [4.78, 5) is 39.4. The monoisotopic (exact) mass is 422 g/mol. The van der Waals surface area contributed by atoms with E-state index in [-0.39, 0.29) is 24.0 Å². The number of nitrogen functional groups attached to an aromatic ring is 1. The average Bonchev–Trinajstić information content (AvgIpc) is 2.78. The minimum absolute atomic E-state index is 0.108. The molecule has 0 bridgehead atoms. The molecule has 3 rings (SSSR count). The molecule has 8 heteroatoms. The van der Waals surface area contributed by atoms with Crippen molar-refractivity contribution >= 4 is 11.6 Å². The number of Topliss-reactive ketones (excluding diaryl/α,β-unsaturated/α-hetero) is 1. The Morgan fingerprint density at radius 3 is 2.35 bits per heavy atom. The lowest BCUT2D eigenvalue weighted by Gasteiger charge is -2.20. The van der Waals surface area contributed by atoms with Crippen LogP contribution in [0.15, 0.2) is 64.2 Å². The average molecular weight is 422 g/mol. The molecular formula is C23H26N4O4. The van der Waals surface area contributed by atoms with E-state index in [1.807, 2.05) is 61.5 Å². The summed E-state index contributed by atoms with van der Waals surface area (Å²) in [5.74, 6) is 0.130. The zero-order chi connectivity index (χ0) is 22.4. The number of nitrogens with zero attached hydrogens (tertiary/aromatic N) is 1. The lowest BCUT2D eigenvalue weighted by atomic mass is 9.98. The van der Waals surface area contributed by atoms with Crippen LogP contribution in [0.3, 0.4) is 0 Å². The second-order valence-corrected chi connectivity index (χ2v) is 7.09. The number of nitrogens with one attached hydrogen (secondary N) is 2. The van der Waals surface area contributed by atoms with Gasteiger partial charge in [0.25, 0.3) is 5.56 Å². The summed E-state index contributed by atoms with van der Waals surface area (Å²) in [6.45, 7) is 2.05. The predicted octanol–water partition coefficient (Wildman–Crippen LogP) is 2.10. The maximum atomic E-state index is 12.9. The molecule has 2 aromatic carbocycles. The maximum absolute atomic E-state index is 12.9. The number of methoxy groups -OCH3 is 1. The van der Waals surface area contributed by atoms with Crippen LogP contribution in [-0.4, -0.2) is 29.0 Å². The number of carbonyl (C=O) groups excluding carboxylic acids is 1. The first kappa shape index (κ1) is 22.0. The Balaban J connectivity index is 1.90. The number of carbonyl (C=O) groups is 1.